The number of aliphatic hydroxyl groups is 1. The topological polar surface area (TPSA) is 32.6 Å². The minimum Gasteiger partial charge on any atom is -0.392 e. The Kier molecular flexibility index (Phi) is 4.94. The largest absolute Gasteiger partial charge is 0.392 e. The monoisotopic (exact) mass is 191 g/mol. The molecule has 2 nitrogen and oxygen atoms in total. The van der Waals surface area contributed by atoms with Gasteiger partial charge in [-0.2, -0.15) is 0 Å². The van der Waals surface area contributed by atoms with Gasteiger partial charge in [0.2, 0.25) is 0 Å². The van der Waals surface area contributed by atoms with Crippen molar-refractivity contribution in [1.82, 2.24) is 0 Å². The molecule has 0 spiro atoms. The molecule has 0 aromatic heterocycles. The van der Waals surface area contributed by atoms with Crippen molar-refractivity contribution in [3.8, 4) is 0 Å². The van der Waals surface area contributed by atoms with Gasteiger partial charge in [-0.25, -0.2) is 0 Å². The molecule has 0 unspecified atom stereocenters. The second-order valence-corrected chi connectivity index (χ2v) is 3.29. The Morgan fingerprint density at radius 2 is 2.29 bits per heavy atom. The Hall–Kier alpha value is -1.15. The van der Waals surface area contributed by atoms with Crippen LogP contribution in [0.2, 0.25) is 0 Å². The molecule has 0 bridgehead atoms. The third-order valence-corrected chi connectivity index (χ3v) is 2.01. The molecule has 2 heteroatoms. The second kappa shape index (κ2) is 6.33. The van der Waals surface area contributed by atoms with Gasteiger partial charge >= 0.3 is 0 Å². The van der Waals surface area contributed by atoms with Crippen LogP contribution in [0.25, 0.3) is 0 Å². The van der Waals surface area contributed by atoms with Gasteiger partial charge in [0.15, 0.2) is 0 Å². The molecule has 0 aliphatic rings. The van der Waals surface area contributed by atoms with Crippen LogP contribution in [0.5, 0.6) is 0 Å². The molecule has 0 aliphatic heterocycles. The lowest BCUT2D eigenvalue weighted by atomic mass is 10.1. The lowest BCUT2D eigenvalue weighted by molar-refractivity contribution is 0.282. The van der Waals surface area contributed by atoms with E-state index in [4.69, 9.17) is 5.11 Å². The molecule has 0 heterocycles. The van der Waals surface area contributed by atoms with E-state index in [2.05, 4.69) is 11.9 Å². The molecular formula is C12H17NO. The maximum atomic E-state index is 8.93. The van der Waals surface area contributed by atoms with E-state index in [0.29, 0.717) is 0 Å². The van der Waals surface area contributed by atoms with Crippen molar-refractivity contribution in [3.63, 3.8) is 0 Å². The second-order valence-electron chi connectivity index (χ2n) is 3.29. The number of rotatable bonds is 5. The molecule has 0 saturated carbocycles. The maximum absolute atomic E-state index is 8.93. The molecule has 1 rings (SSSR count). The van der Waals surface area contributed by atoms with Crippen molar-refractivity contribution in [2.24, 2.45) is 4.99 Å². The van der Waals surface area contributed by atoms with Crippen LogP contribution in [0.3, 0.4) is 0 Å². The standard InChI is InChI=1S/C12H17NO/c1-2-3-7-13-9-11-5-4-6-12(8-11)10-14/h4-6,8-9,14H,2-3,7,10H2,1H3. The van der Waals surface area contributed by atoms with Crippen molar-refractivity contribution in [3.05, 3.63) is 35.4 Å². The van der Waals surface area contributed by atoms with Crippen LogP contribution in [0.4, 0.5) is 0 Å². The Bertz CT molecular complexity index is 294. The molecule has 1 N–H and O–H groups in total. The Balaban J connectivity index is 2.53. The van der Waals surface area contributed by atoms with Gasteiger partial charge in [0.1, 0.15) is 0 Å². The Labute approximate surface area is 85.3 Å². The normalized spacial score (nSPS) is 11.0. The van der Waals surface area contributed by atoms with Crippen LogP contribution >= 0.6 is 0 Å². The Morgan fingerprint density at radius 3 is 3.00 bits per heavy atom. The quantitative estimate of drug-likeness (QED) is 0.562. The minimum absolute atomic E-state index is 0.0939. The van der Waals surface area contributed by atoms with E-state index in [1.165, 1.54) is 6.42 Å². The summed E-state index contributed by atoms with van der Waals surface area (Å²) in [4.78, 5) is 4.30. The summed E-state index contributed by atoms with van der Waals surface area (Å²) >= 11 is 0. The number of benzene rings is 1. The summed E-state index contributed by atoms with van der Waals surface area (Å²) in [7, 11) is 0. The molecular weight excluding hydrogens is 174 g/mol. The zero-order valence-electron chi connectivity index (χ0n) is 8.61. The molecule has 1 aromatic rings. The zero-order chi connectivity index (χ0) is 10.2. The van der Waals surface area contributed by atoms with Gasteiger partial charge < -0.3 is 5.11 Å². The lowest BCUT2D eigenvalue weighted by Gasteiger charge is -1.97. The van der Waals surface area contributed by atoms with E-state index in [0.717, 1.165) is 24.1 Å². The molecule has 1 aromatic carbocycles. The first-order chi connectivity index (χ1) is 6.86. The summed E-state index contributed by atoms with van der Waals surface area (Å²) < 4.78 is 0. The SMILES string of the molecule is CCCCN=Cc1cccc(CO)c1. The third kappa shape index (κ3) is 3.71. The van der Waals surface area contributed by atoms with E-state index >= 15 is 0 Å². The number of nitrogens with zero attached hydrogens (tertiary/aromatic N) is 1. The maximum Gasteiger partial charge on any atom is 0.0682 e. The van der Waals surface area contributed by atoms with Crippen LogP contribution < -0.4 is 0 Å². The van der Waals surface area contributed by atoms with E-state index in [1.807, 2.05) is 30.5 Å². The van der Waals surface area contributed by atoms with Gasteiger partial charge in [-0.1, -0.05) is 31.5 Å². The van der Waals surface area contributed by atoms with E-state index < -0.39 is 0 Å². The number of aliphatic hydroxyl groups excluding tert-OH is 1. The number of hydrogen-bond acceptors (Lipinski definition) is 2. The first kappa shape index (κ1) is 10.9. The first-order valence-corrected chi connectivity index (χ1v) is 5.06. The molecule has 0 saturated heterocycles. The predicted octanol–water partition coefficient (Wildman–Crippen LogP) is 2.40. The summed E-state index contributed by atoms with van der Waals surface area (Å²) in [6.45, 7) is 3.14. The Morgan fingerprint density at radius 1 is 1.43 bits per heavy atom. The third-order valence-electron chi connectivity index (χ3n) is 2.01. The molecule has 76 valence electrons. The van der Waals surface area contributed by atoms with Crippen molar-refractivity contribution >= 4 is 6.21 Å². The summed E-state index contributed by atoms with van der Waals surface area (Å²) in [5, 5.41) is 8.93. The fraction of sp³-hybridized carbons (Fsp3) is 0.417. The van der Waals surface area contributed by atoms with Gasteiger partial charge in [0.05, 0.1) is 6.61 Å². The van der Waals surface area contributed by atoms with Crippen LogP contribution in [-0.2, 0) is 6.61 Å². The number of unbranched alkanes of at least 4 members (excludes halogenated alkanes) is 1. The summed E-state index contributed by atoms with van der Waals surface area (Å²) in [5.74, 6) is 0. The highest BCUT2D eigenvalue weighted by Gasteiger charge is 1.90. The van der Waals surface area contributed by atoms with Gasteiger partial charge in [-0.3, -0.25) is 4.99 Å². The van der Waals surface area contributed by atoms with E-state index in [9.17, 15) is 0 Å². The van der Waals surface area contributed by atoms with Crippen LogP contribution in [0.1, 0.15) is 30.9 Å². The predicted molar refractivity (Wildman–Crippen MR) is 59.7 cm³/mol. The lowest BCUT2D eigenvalue weighted by Crippen LogP contribution is -1.88. The van der Waals surface area contributed by atoms with Gasteiger partial charge in [-0.15, -0.1) is 0 Å². The van der Waals surface area contributed by atoms with Gasteiger partial charge in [0.25, 0.3) is 0 Å². The van der Waals surface area contributed by atoms with Crippen molar-refractivity contribution in [2.45, 2.75) is 26.4 Å². The highest BCUT2D eigenvalue weighted by Crippen LogP contribution is 2.02. The summed E-state index contributed by atoms with van der Waals surface area (Å²) in [6, 6.07) is 7.79. The van der Waals surface area contributed by atoms with Crippen LogP contribution in [-0.4, -0.2) is 17.9 Å². The summed E-state index contributed by atoms with van der Waals surface area (Å²) in [5.41, 5.74) is 2.00. The summed E-state index contributed by atoms with van der Waals surface area (Å²) in [6.07, 6.45) is 4.18. The first-order valence-electron chi connectivity index (χ1n) is 5.06. The number of aliphatic imine (C=N–C) groups is 1. The molecule has 0 amide bonds. The zero-order valence-corrected chi connectivity index (χ0v) is 8.61. The smallest absolute Gasteiger partial charge is 0.0682 e. The van der Waals surface area contributed by atoms with E-state index in [1.54, 1.807) is 0 Å². The average Bonchev–Trinajstić information content (AvgIpc) is 2.25. The van der Waals surface area contributed by atoms with Crippen molar-refractivity contribution in [1.29, 1.82) is 0 Å². The van der Waals surface area contributed by atoms with Crippen molar-refractivity contribution < 1.29 is 5.11 Å². The van der Waals surface area contributed by atoms with Crippen LogP contribution in [0.15, 0.2) is 29.3 Å². The fourth-order valence-electron chi connectivity index (χ4n) is 1.19. The van der Waals surface area contributed by atoms with Crippen LogP contribution in [0, 0.1) is 0 Å². The highest BCUT2D eigenvalue weighted by atomic mass is 16.3. The number of hydrogen-bond donors (Lipinski definition) is 1. The molecule has 0 fully saturated rings. The molecule has 0 aliphatic carbocycles. The average molecular weight is 191 g/mol. The van der Waals surface area contributed by atoms with Gasteiger partial charge in [-0.05, 0) is 23.6 Å². The minimum atomic E-state index is 0.0939. The van der Waals surface area contributed by atoms with Crippen molar-refractivity contribution in [2.75, 3.05) is 6.54 Å². The van der Waals surface area contributed by atoms with E-state index in [-0.39, 0.29) is 6.61 Å². The van der Waals surface area contributed by atoms with Gasteiger partial charge in [0, 0.05) is 12.8 Å². The molecule has 0 radical (unpaired) electrons. The fourth-order valence-corrected chi connectivity index (χ4v) is 1.19. The highest BCUT2D eigenvalue weighted by molar-refractivity contribution is 5.79. The molecule has 14 heavy (non-hydrogen) atoms. The molecule has 0 atom stereocenters.